The van der Waals surface area contributed by atoms with Crippen LogP contribution in [0.3, 0.4) is 0 Å². The summed E-state index contributed by atoms with van der Waals surface area (Å²) in [6.45, 7) is 6.45. The highest BCUT2D eigenvalue weighted by Crippen LogP contribution is 2.50. The van der Waals surface area contributed by atoms with E-state index >= 15 is 0 Å². The number of aromatic nitrogens is 3. The van der Waals surface area contributed by atoms with Crippen molar-refractivity contribution < 1.29 is 27.9 Å². The minimum absolute atomic E-state index is 0.154. The summed E-state index contributed by atoms with van der Waals surface area (Å²) in [6.07, 6.45) is -2.47. The number of likely N-dealkylation sites (tertiary alicyclic amines) is 1. The Morgan fingerprint density at radius 1 is 1.11 bits per heavy atom. The van der Waals surface area contributed by atoms with Gasteiger partial charge in [-0.25, -0.2) is 13.2 Å². The van der Waals surface area contributed by atoms with Gasteiger partial charge in [-0.15, -0.1) is 0 Å². The fourth-order valence-electron chi connectivity index (χ4n) is 4.73. The Balaban J connectivity index is 1.78. The lowest BCUT2D eigenvalue weighted by Gasteiger charge is -2.55. The van der Waals surface area contributed by atoms with Crippen LogP contribution in [0.5, 0.6) is 0 Å². The third-order valence-electron chi connectivity index (χ3n) is 6.81. The van der Waals surface area contributed by atoms with Crippen LogP contribution in [0.1, 0.15) is 49.5 Å². The van der Waals surface area contributed by atoms with E-state index < -0.39 is 29.0 Å². The molecule has 3 heterocycles. The zero-order chi connectivity index (χ0) is 25.6. The van der Waals surface area contributed by atoms with Gasteiger partial charge in [0.15, 0.2) is 12.0 Å². The average molecular weight is 491 g/mol. The van der Waals surface area contributed by atoms with Crippen LogP contribution in [0.15, 0.2) is 47.2 Å². The molecule has 10 heteroatoms. The van der Waals surface area contributed by atoms with Crippen molar-refractivity contribution in [2.24, 2.45) is 5.41 Å². The molecule has 1 aromatic carbocycles. The van der Waals surface area contributed by atoms with Crippen LogP contribution >= 0.6 is 0 Å². The van der Waals surface area contributed by atoms with Crippen molar-refractivity contribution in [2.75, 3.05) is 26.7 Å². The third kappa shape index (κ3) is 4.34. The Kier molecular flexibility index (Phi) is 6.50. The van der Waals surface area contributed by atoms with Crippen LogP contribution in [0.2, 0.25) is 0 Å². The molecule has 0 saturated carbocycles. The molecule has 1 saturated heterocycles. The summed E-state index contributed by atoms with van der Waals surface area (Å²) in [5.41, 5.74) is -1.70. The smallest absolute Gasteiger partial charge is 0.273 e. The lowest BCUT2D eigenvalue weighted by atomic mass is 9.62. The van der Waals surface area contributed by atoms with Gasteiger partial charge in [0.1, 0.15) is 5.60 Å². The second-order valence-electron chi connectivity index (χ2n) is 10.2. The maximum absolute atomic E-state index is 13.9. The molecule has 2 atom stereocenters. The van der Waals surface area contributed by atoms with Gasteiger partial charge in [-0.3, -0.25) is 4.98 Å². The topological polar surface area (TPSA) is 95.5 Å². The predicted molar refractivity (Wildman–Crippen MR) is 123 cm³/mol. The van der Waals surface area contributed by atoms with Crippen molar-refractivity contribution >= 4 is 0 Å². The van der Waals surface area contributed by atoms with Crippen molar-refractivity contribution in [1.29, 1.82) is 0 Å². The minimum atomic E-state index is -3.13. The molecule has 1 aliphatic rings. The first-order valence-electron chi connectivity index (χ1n) is 11.3. The SMILES string of the molecule is CN1CC(C)(C(O)(c2ccc(C(F)C(F)F)cc2)c2cncc(-c3nc(C(C)(C)CO)no3)c2)C1. The van der Waals surface area contributed by atoms with Gasteiger partial charge in [0, 0.05) is 36.5 Å². The van der Waals surface area contributed by atoms with Crippen molar-refractivity contribution in [3.05, 3.63) is 65.2 Å². The first-order valence-corrected chi connectivity index (χ1v) is 11.3. The van der Waals surface area contributed by atoms with Crippen LogP contribution in [-0.4, -0.2) is 63.4 Å². The van der Waals surface area contributed by atoms with E-state index in [1.165, 1.54) is 36.7 Å². The molecule has 2 aromatic heterocycles. The lowest BCUT2D eigenvalue weighted by Crippen LogP contribution is -2.63. The first kappa shape index (κ1) is 25.3. The maximum atomic E-state index is 13.9. The standard InChI is InChI=1S/C25H29F3N4O3/c1-23(2,14-33)22-30-21(35-31-22)16-9-18(11-29-10-16)25(34,24(3)12-32(4)13-24)17-7-5-15(6-8-17)19(26)20(27)28/h5-11,19-20,33-34H,12-14H2,1-4H3. The van der Waals surface area contributed by atoms with Crippen LogP contribution in [0.4, 0.5) is 13.2 Å². The largest absolute Gasteiger partial charge is 0.395 e. The van der Waals surface area contributed by atoms with Gasteiger partial charge in [0.05, 0.1) is 17.6 Å². The highest BCUT2D eigenvalue weighted by atomic mass is 19.3. The summed E-state index contributed by atoms with van der Waals surface area (Å²) in [4.78, 5) is 10.7. The highest BCUT2D eigenvalue weighted by Gasteiger charge is 2.55. The molecule has 2 N–H and O–H groups in total. The van der Waals surface area contributed by atoms with E-state index in [-0.39, 0.29) is 18.1 Å². The summed E-state index contributed by atoms with van der Waals surface area (Å²) in [6, 6.07) is 7.22. The molecule has 0 radical (unpaired) electrons. The number of aliphatic hydroxyl groups excluding tert-OH is 1. The maximum Gasteiger partial charge on any atom is 0.273 e. The van der Waals surface area contributed by atoms with Crippen LogP contribution in [0, 0.1) is 5.41 Å². The van der Waals surface area contributed by atoms with E-state index in [2.05, 4.69) is 15.1 Å². The molecule has 0 spiro atoms. The number of alkyl halides is 3. The van der Waals surface area contributed by atoms with Gasteiger partial charge in [0.25, 0.3) is 12.3 Å². The average Bonchev–Trinajstić information content (AvgIpc) is 3.33. The molecule has 3 aromatic rings. The third-order valence-corrected chi connectivity index (χ3v) is 6.81. The highest BCUT2D eigenvalue weighted by molar-refractivity contribution is 5.55. The van der Waals surface area contributed by atoms with Crippen molar-refractivity contribution in [1.82, 2.24) is 20.0 Å². The molecule has 0 bridgehead atoms. The van der Waals surface area contributed by atoms with E-state index in [1.807, 2.05) is 18.9 Å². The number of hydrogen-bond acceptors (Lipinski definition) is 7. The quantitative estimate of drug-likeness (QED) is 0.495. The van der Waals surface area contributed by atoms with Gasteiger partial charge < -0.3 is 19.6 Å². The van der Waals surface area contributed by atoms with Crippen LogP contribution < -0.4 is 0 Å². The summed E-state index contributed by atoms with van der Waals surface area (Å²) in [5.74, 6) is 0.514. The van der Waals surface area contributed by atoms with E-state index in [1.54, 1.807) is 19.9 Å². The zero-order valence-electron chi connectivity index (χ0n) is 20.0. The van der Waals surface area contributed by atoms with E-state index in [4.69, 9.17) is 4.52 Å². The molecule has 4 rings (SSSR count). The molecule has 0 aliphatic carbocycles. The molecule has 0 amide bonds. The summed E-state index contributed by atoms with van der Waals surface area (Å²) in [5, 5.41) is 25.8. The van der Waals surface area contributed by atoms with Gasteiger partial charge in [-0.1, -0.05) is 50.2 Å². The molecular formula is C25H29F3N4O3. The lowest BCUT2D eigenvalue weighted by molar-refractivity contribution is -0.127. The Morgan fingerprint density at radius 3 is 2.34 bits per heavy atom. The monoisotopic (exact) mass is 490 g/mol. The summed E-state index contributed by atoms with van der Waals surface area (Å²) >= 11 is 0. The van der Waals surface area contributed by atoms with Crippen LogP contribution in [-0.2, 0) is 11.0 Å². The number of hydrogen-bond donors (Lipinski definition) is 2. The number of halogens is 3. The van der Waals surface area contributed by atoms with Gasteiger partial charge in [-0.2, -0.15) is 4.98 Å². The Bertz CT molecular complexity index is 1180. The fraction of sp³-hybridized carbons (Fsp3) is 0.480. The van der Waals surface area contributed by atoms with Crippen molar-refractivity contribution in [3.8, 4) is 11.5 Å². The summed E-state index contributed by atoms with van der Waals surface area (Å²) in [7, 11) is 1.93. The Hall–Kier alpha value is -2.82. The Labute approximate surface area is 201 Å². The number of rotatable bonds is 8. The Morgan fingerprint density at radius 2 is 1.77 bits per heavy atom. The van der Waals surface area contributed by atoms with E-state index in [0.29, 0.717) is 35.6 Å². The molecule has 1 fully saturated rings. The molecular weight excluding hydrogens is 461 g/mol. The number of nitrogens with zero attached hydrogens (tertiary/aromatic N) is 4. The normalized spacial score (nSPS) is 18.8. The van der Waals surface area contributed by atoms with Crippen molar-refractivity contribution in [3.63, 3.8) is 0 Å². The first-order chi connectivity index (χ1) is 16.4. The van der Waals surface area contributed by atoms with Gasteiger partial charge in [-0.05, 0) is 24.2 Å². The second kappa shape index (κ2) is 9.00. The fourth-order valence-corrected chi connectivity index (χ4v) is 4.73. The molecule has 1 aliphatic heterocycles. The minimum Gasteiger partial charge on any atom is -0.395 e. The summed E-state index contributed by atoms with van der Waals surface area (Å²) < 4.78 is 44.9. The number of aliphatic hydroxyl groups is 2. The second-order valence-corrected chi connectivity index (χ2v) is 10.2. The number of pyridine rings is 1. The molecule has 2 unspecified atom stereocenters. The predicted octanol–water partition coefficient (Wildman–Crippen LogP) is 3.86. The molecule has 35 heavy (non-hydrogen) atoms. The molecule has 188 valence electrons. The van der Waals surface area contributed by atoms with E-state index in [9.17, 15) is 23.4 Å². The molecule has 7 nitrogen and oxygen atoms in total. The number of benzene rings is 1. The van der Waals surface area contributed by atoms with Gasteiger partial charge in [0.2, 0.25) is 0 Å². The van der Waals surface area contributed by atoms with Gasteiger partial charge >= 0.3 is 0 Å². The zero-order valence-corrected chi connectivity index (χ0v) is 20.0. The van der Waals surface area contributed by atoms with Crippen molar-refractivity contribution in [2.45, 2.75) is 44.4 Å². The van der Waals surface area contributed by atoms with Crippen LogP contribution in [0.25, 0.3) is 11.5 Å². The van der Waals surface area contributed by atoms with E-state index in [0.717, 1.165) is 0 Å².